The molecule has 0 radical (unpaired) electrons. The van der Waals surface area contributed by atoms with E-state index < -0.39 is 0 Å². The SMILES string of the molecule is CNCc1cn(C)nc1Cl.Cl. The molecule has 0 aromatic carbocycles. The largest absolute Gasteiger partial charge is 0.316 e. The molecule has 0 atom stereocenters. The van der Waals surface area contributed by atoms with Gasteiger partial charge in [-0.15, -0.1) is 12.4 Å². The van der Waals surface area contributed by atoms with Gasteiger partial charge in [-0.3, -0.25) is 4.68 Å². The van der Waals surface area contributed by atoms with Gasteiger partial charge >= 0.3 is 0 Å². The summed E-state index contributed by atoms with van der Waals surface area (Å²) in [6.45, 7) is 0.771. The number of hydrogen-bond acceptors (Lipinski definition) is 2. The lowest BCUT2D eigenvalue weighted by molar-refractivity contribution is 0.764. The van der Waals surface area contributed by atoms with Crippen LogP contribution in [0.4, 0.5) is 0 Å². The van der Waals surface area contributed by atoms with Crippen LogP contribution in [-0.4, -0.2) is 16.8 Å². The quantitative estimate of drug-likeness (QED) is 0.770. The number of aromatic nitrogens is 2. The summed E-state index contributed by atoms with van der Waals surface area (Å²) in [6, 6.07) is 0. The number of rotatable bonds is 2. The Morgan fingerprint density at radius 1 is 1.73 bits per heavy atom. The Hall–Kier alpha value is -0.250. The Kier molecular flexibility index (Phi) is 4.49. The first-order chi connectivity index (χ1) is 4.74. The van der Waals surface area contributed by atoms with E-state index in [9.17, 15) is 0 Å². The Morgan fingerprint density at radius 2 is 2.36 bits per heavy atom. The van der Waals surface area contributed by atoms with Gasteiger partial charge in [0.2, 0.25) is 0 Å². The second kappa shape index (κ2) is 4.59. The van der Waals surface area contributed by atoms with Crippen molar-refractivity contribution in [2.45, 2.75) is 6.54 Å². The highest BCUT2D eigenvalue weighted by Crippen LogP contribution is 2.11. The minimum absolute atomic E-state index is 0. The van der Waals surface area contributed by atoms with E-state index in [2.05, 4.69) is 10.4 Å². The lowest BCUT2D eigenvalue weighted by atomic mass is 10.4. The Morgan fingerprint density at radius 3 is 2.73 bits per heavy atom. The third-order valence-corrected chi connectivity index (χ3v) is 1.54. The first-order valence-electron chi connectivity index (χ1n) is 3.06. The monoisotopic (exact) mass is 195 g/mol. The number of nitrogens with one attached hydrogen (secondary N) is 1. The maximum absolute atomic E-state index is 5.75. The molecule has 1 rings (SSSR count). The van der Waals surface area contributed by atoms with E-state index in [1.807, 2.05) is 20.3 Å². The average molecular weight is 196 g/mol. The van der Waals surface area contributed by atoms with Crippen LogP contribution < -0.4 is 5.32 Å². The highest BCUT2D eigenvalue weighted by atomic mass is 35.5. The third kappa shape index (κ3) is 2.69. The Bertz CT molecular complexity index is 222. The summed E-state index contributed by atoms with van der Waals surface area (Å²) in [4.78, 5) is 0. The fourth-order valence-electron chi connectivity index (χ4n) is 0.819. The predicted molar refractivity (Wildman–Crippen MR) is 48.2 cm³/mol. The molecule has 1 heterocycles. The number of nitrogens with zero attached hydrogens (tertiary/aromatic N) is 2. The van der Waals surface area contributed by atoms with Crippen molar-refractivity contribution in [3.8, 4) is 0 Å². The molecule has 1 N–H and O–H groups in total. The molecule has 0 unspecified atom stereocenters. The average Bonchev–Trinajstić information content (AvgIpc) is 2.13. The number of aryl methyl sites for hydroxylation is 1. The predicted octanol–water partition coefficient (Wildman–Crippen LogP) is 1.21. The first kappa shape index (κ1) is 10.8. The molecule has 5 heteroatoms. The van der Waals surface area contributed by atoms with E-state index in [4.69, 9.17) is 11.6 Å². The van der Waals surface area contributed by atoms with Crippen LogP contribution in [0.5, 0.6) is 0 Å². The molecular formula is C6H11Cl2N3. The Labute approximate surface area is 77.1 Å². The van der Waals surface area contributed by atoms with Crippen LogP contribution in [0.1, 0.15) is 5.56 Å². The van der Waals surface area contributed by atoms with Crippen LogP contribution in [-0.2, 0) is 13.6 Å². The molecule has 64 valence electrons. The number of hydrogen-bond donors (Lipinski definition) is 1. The molecule has 3 nitrogen and oxygen atoms in total. The van der Waals surface area contributed by atoms with Crippen LogP contribution in [0.3, 0.4) is 0 Å². The summed E-state index contributed by atoms with van der Waals surface area (Å²) in [6.07, 6.45) is 1.90. The van der Waals surface area contributed by atoms with Gasteiger partial charge in [-0.2, -0.15) is 5.10 Å². The summed E-state index contributed by atoms with van der Waals surface area (Å²) in [5, 5.41) is 7.55. The van der Waals surface area contributed by atoms with E-state index in [0.717, 1.165) is 12.1 Å². The van der Waals surface area contributed by atoms with Gasteiger partial charge in [-0.05, 0) is 7.05 Å². The molecule has 0 fully saturated rings. The topological polar surface area (TPSA) is 29.9 Å². The molecule has 0 amide bonds. The highest BCUT2D eigenvalue weighted by Gasteiger charge is 2.01. The van der Waals surface area contributed by atoms with Gasteiger partial charge < -0.3 is 5.32 Å². The van der Waals surface area contributed by atoms with Gasteiger partial charge in [0.25, 0.3) is 0 Å². The van der Waals surface area contributed by atoms with E-state index in [1.54, 1.807) is 4.68 Å². The molecular weight excluding hydrogens is 185 g/mol. The van der Waals surface area contributed by atoms with Crippen molar-refractivity contribution >= 4 is 24.0 Å². The van der Waals surface area contributed by atoms with Crippen molar-refractivity contribution in [2.75, 3.05) is 7.05 Å². The zero-order chi connectivity index (χ0) is 7.56. The molecule has 11 heavy (non-hydrogen) atoms. The lowest BCUT2D eigenvalue weighted by Gasteiger charge is -1.91. The standard InChI is InChI=1S/C6H10ClN3.ClH/c1-8-3-5-4-10(2)9-6(5)7;/h4,8H,3H2,1-2H3;1H. The summed E-state index contributed by atoms with van der Waals surface area (Å²) in [7, 11) is 3.73. The summed E-state index contributed by atoms with van der Waals surface area (Å²) >= 11 is 5.75. The molecule has 0 spiro atoms. The van der Waals surface area contributed by atoms with Crippen molar-refractivity contribution < 1.29 is 0 Å². The summed E-state index contributed by atoms with van der Waals surface area (Å²) in [5.41, 5.74) is 1.03. The van der Waals surface area contributed by atoms with Gasteiger partial charge in [-0.25, -0.2) is 0 Å². The second-order valence-electron chi connectivity index (χ2n) is 2.15. The molecule has 0 aliphatic carbocycles. The van der Waals surface area contributed by atoms with Crippen LogP contribution in [0.25, 0.3) is 0 Å². The normalized spacial score (nSPS) is 9.36. The molecule has 1 aromatic rings. The van der Waals surface area contributed by atoms with Crippen LogP contribution in [0, 0.1) is 0 Å². The zero-order valence-electron chi connectivity index (χ0n) is 6.47. The van der Waals surface area contributed by atoms with E-state index in [0.29, 0.717) is 5.15 Å². The molecule has 1 aromatic heterocycles. The van der Waals surface area contributed by atoms with E-state index in [1.165, 1.54) is 0 Å². The van der Waals surface area contributed by atoms with Crippen LogP contribution >= 0.6 is 24.0 Å². The van der Waals surface area contributed by atoms with Gasteiger partial charge in [0, 0.05) is 25.4 Å². The highest BCUT2D eigenvalue weighted by molar-refractivity contribution is 6.30. The molecule has 0 bridgehead atoms. The van der Waals surface area contributed by atoms with E-state index in [-0.39, 0.29) is 12.4 Å². The van der Waals surface area contributed by atoms with Crippen LogP contribution in [0.15, 0.2) is 6.20 Å². The van der Waals surface area contributed by atoms with E-state index >= 15 is 0 Å². The second-order valence-corrected chi connectivity index (χ2v) is 2.51. The fraction of sp³-hybridized carbons (Fsp3) is 0.500. The minimum atomic E-state index is 0. The third-order valence-electron chi connectivity index (χ3n) is 1.22. The molecule has 0 saturated heterocycles. The van der Waals surface area contributed by atoms with Crippen molar-refractivity contribution in [3.05, 3.63) is 16.9 Å². The maximum Gasteiger partial charge on any atom is 0.155 e. The van der Waals surface area contributed by atoms with Crippen molar-refractivity contribution in [3.63, 3.8) is 0 Å². The van der Waals surface area contributed by atoms with Crippen LogP contribution in [0.2, 0.25) is 5.15 Å². The maximum atomic E-state index is 5.75. The zero-order valence-corrected chi connectivity index (χ0v) is 8.04. The molecule has 0 aliphatic heterocycles. The van der Waals surface area contributed by atoms with Gasteiger partial charge in [-0.1, -0.05) is 11.6 Å². The van der Waals surface area contributed by atoms with Gasteiger partial charge in [0.1, 0.15) is 0 Å². The van der Waals surface area contributed by atoms with Crippen molar-refractivity contribution in [1.82, 2.24) is 15.1 Å². The molecule has 0 aliphatic rings. The van der Waals surface area contributed by atoms with Gasteiger partial charge in [0.05, 0.1) is 0 Å². The summed E-state index contributed by atoms with van der Waals surface area (Å²) in [5.74, 6) is 0. The van der Waals surface area contributed by atoms with Gasteiger partial charge in [0.15, 0.2) is 5.15 Å². The van der Waals surface area contributed by atoms with Crippen molar-refractivity contribution in [2.24, 2.45) is 7.05 Å². The Balaban J connectivity index is 0.000001000. The fourth-order valence-corrected chi connectivity index (χ4v) is 1.05. The lowest BCUT2D eigenvalue weighted by Crippen LogP contribution is -2.04. The smallest absolute Gasteiger partial charge is 0.155 e. The number of halogens is 2. The summed E-state index contributed by atoms with van der Waals surface area (Å²) < 4.78 is 1.70. The molecule has 0 saturated carbocycles. The first-order valence-corrected chi connectivity index (χ1v) is 3.44. The van der Waals surface area contributed by atoms with Crippen molar-refractivity contribution in [1.29, 1.82) is 0 Å². The minimum Gasteiger partial charge on any atom is -0.316 e.